The van der Waals surface area contributed by atoms with Crippen LogP contribution >= 0.6 is 11.6 Å². The Hall–Kier alpha value is -2.26. The Bertz CT molecular complexity index is 809. The number of hydrogen-bond acceptors (Lipinski definition) is 2. The fourth-order valence-electron chi connectivity index (χ4n) is 2.20. The summed E-state index contributed by atoms with van der Waals surface area (Å²) in [6.07, 6.45) is 1.80. The predicted octanol–water partition coefficient (Wildman–Crippen LogP) is 3.73. The second kappa shape index (κ2) is 6.02. The molecule has 21 heavy (non-hydrogen) atoms. The summed E-state index contributed by atoms with van der Waals surface area (Å²) in [6, 6.07) is 16.7. The van der Waals surface area contributed by atoms with Gasteiger partial charge >= 0.3 is 0 Å². The lowest BCUT2D eigenvalue weighted by Crippen LogP contribution is -2.22. The van der Waals surface area contributed by atoms with E-state index < -0.39 is 0 Å². The van der Waals surface area contributed by atoms with Crippen molar-refractivity contribution in [1.29, 1.82) is 0 Å². The van der Waals surface area contributed by atoms with Crippen LogP contribution in [0.5, 0.6) is 5.75 Å². The van der Waals surface area contributed by atoms with Gasteiger partial charge < -0.3 is 9.30 Å². The molecule has 0 amide bonds. The molecular formula is C17H14ClNO2. The van der Waals surface area contributed by atoms with Gasteiger partial charge in [-0.15, -0.1) is 0 Å². The molecule has 0 aliphatic rings. The van der Waals surface area contributed by atoms with E-state index in [2.05, 4.69) is 0 Å². The smallest absolute Gasteiger partial charge is 0.258 e. The van der Waals surface area contributed by atoms with Gasteiger partial charge in [0.05, 0.1) is 6.54 Å². The number of ether oxygens (including phenoxy) is 1. The van der Waals surface area contributed by atoms with Gasteiger partial charge in [0.1, 0.15) is 12.4 Å². The summed E-state index contributed by atoms with van der Waals surface area (Å²) in [5.74, 6) is 0.744. The second-order valence-electron chi connectivity index (χ2n) is 4.70. The standard InChI is InChI=1S/C17H14ClNO2/c18-14-5-7-15(8-6-14)21-12-11-19-10-9-13-3-1-2-4-16(13)17(19)20/h1-10H,11-12H2. The van der Waals surface area contributed by atoms with Crippen LogP contribution in [0.3, 0.4) is 0 Å². The normalized spacial score (nSPS) is 10.7. The molecule has 0 spiro atoms. The number of fused-ring (bicyclic) bond motifs is 1. The highest BCUT2D eigenvalue weighted by Gasteiger charge is 2.02. The number of rotatable bonds is 4. The van der Waals surface area contributed by atoms with E-state index in [1.165, 1.54) is 0 Å². The molecule has 0 fully saturated rings. The minimum absolute atomic E-state index is 0.00723. The van der Waals surface area contributed by atoms with Crippen LogP contribution < -0.4 is 10.3 Å². The van der Waals surface area contributed by atoms with E-state index in [1.807, 2.05) is 42.5 Å². The van der Waals surface area contributed by atoms with Gasteiger partial charge in [-0.1, -0.05) is 29.8 Å². The van der Waals surface area contributed by atoms with Crippen LogP contribution in [0.1, 0.15) is 0 Å². The van der Waals surface area contributed by atoms with Gasteiger partial charge in [0.25, 0.3) is 5.56 Å². The van der Waals surface area contributed by atoms with E-state index in [4.69, 9.17) is 16.3 Å². The molecule has 0 saturated carbocycles. The fraction of sp³-hybridized carbons (Fsp3) is 0.118. The van der Waals surface area contributed by atoms with Gasteiger partial charge in [-0.05, 0) is 41.8 Å². The summed E-state index contributed by atoms with van der Waals surface area (Å²) in [5, 5.41) is 2.36. The Morgan fingerprint density at radius 2 is 1.76 bits per heavy atom. The number of nitrogens with zero attached hydrogens (tertiary/aromatic N) is 1. The molecule has 0 atom stereocenters. The van der Waals surface area contributed by atoms with Crippen LogP contribution in [0.2, 0.25) is 5.02 Å². The van der Waals surface area contributed by atoms with Gasteiger partial charge in [-0.2, -0.15) is 0 Å². The Labute approximate surface area is 127 Å². The Balaban J connectivity index is 1.72. The van der Waals surface area contributed by atoms with Gasteiger partial charge in [-0.3, -0.25) is 4.79 Å². The lowest BCUT2D eigenvalue weighted by atomic mass is 10.2. The zero-order valence-corrected chi connectivity index (χ0v) is 12.1. The summed E-state index contributed by atoms with van der Waals surface area (Å²) in [5.41, 5.74) is 0.00723. The Morgan fingerprint density at radius 3 is 2.57 bits per heavy atom. The van der Waals surface area contributed by atoms with E-state index in [1.54, 1.807) is 22.9 Å². The highest BCUT2D eigenvalue weighted by Crippen LogP contribution is 2.15. The zero-order valence-electron chi connectivity index (χ0n) is 11.3. The number of pyridine rings is 1. The van der Waals surface area contributed by atoms with Crippen molar-refractivity contribution in [1.82, 2.24) is 4.57 Å². The van der Waals surface area contributed by atoms with E-state index in [0.717, 1.165) is 16.5 Å². The molecule has 0 unspecified atom stereocenters. The van der Waals surface area contributed by atoms with Gasteiger partial charge in [0.2, 0.25) is 0 Å². The molecule has 106 valence electrons. The van der Waals surface area contributed by atoms with E-state index in [-0.39, 0.29) is 5.56 Å². The molecular weight excluding hydrogens is 286 g/mol. The monoisotopic (exact) mass is 299 g/mol. The highest BCUT2D eigenvalue weighted by molar-refractivity contribution is 6.30. The van der Waals surface area contributed by atoms with Crippen LogP contribution in [0, 0.1) is 0 Å². The van der Waals surface area contributed by atoms with Crippen molar-refractivity contribution in [2.24, 2.45) is 0 Å². The highest BCUT2D eigenvalue weighted by atomic mass is 35.5. The summed E-state index contributed by atoms with van der Waals surface area (Å²) in [4.78, 5) is 12.3. The number of benzene rings is 2. The molecule has 0 N–H and O–H groups in total. The van der Waals surface area contributed by atoms with Crippen LogP contribution in [-0.4, -0.2) is 11.2 Å². The number of halogens is 1. The average Bonchev–Trinajstić information content (AvgIpc) is 2.52. The van der Waals surface area contributed by atoms with Crippen LogP contribution in [0.25, 0.3) is 10.8 Å². The Morgan fingerprint density at radius 1 is 1.00 bits per heavy atom. The van der Waals surface area contributed by atoms with Gasteiger partial charge in [0, 0.05) is 16.6 Å². The first-order valence-corrected chi connectivity index (χ1v) is 7.08. The first-order valence-electron chi connectivity index (χ1n) is 6.70. The molecule has 0 radical (unpaired) electrons. The summed E-state index contributed by atoms with van der Waals surface area (Å²) >= 11 is 5.82. The molecule has 3 aromatic rings. The van der Waals surface area contributed by atoms with E-state index >= 15 is 0 Å². The van der Waals surface area contributed by atoms with Gasteiger partial charge in [-0.25, -0.2) is 0 Å². The van der Waals surface area contributed by atoms with Crippen molar-refractivity contribution < 1.29 is 4.74 Å². The topological polar surface area (TPSA) is 31.2 Å². The van der Waals surface area contributed by atoms with Crippen molar-refractivity contribution in [3.63, 3.8) is 0 Å². The van der Waals surface area contributed by atoms with Crippen molar-refractivity contribution in [2.75, 3.05) is 6.61 Å². The molecule has 0 aliphatic heterocycles. The van der Waals surface area contributed by atoms with Gasteiger partial charge in [0.15, 0.2) is 0 Å². The minimum Gasteiger partial charge on any atom is -0.492 e. The third kappa shape index (κ3) is 3.09. The summed E-state index contributed by atoms with van der Waals surface area (Å²) < 4.78 is 7.28. The Kier molecular flexibility index (Phi) is 3.93. The molecule has 1 heterocycles. The van der Waals surface area contributed by atoms with Crippen LogP contribution in [-0.2, 0) is 6.54 Å². The summed E-state index contributed by atoms with van der Waals surface area (Å²) in [7, 11) is 0. The first-order chi connectivity index (χ1) is 10.2. The molecule has 3 rings (SSSR count). The lowest BCUT2D eigenvalue weighted by molar-refractivity contribution is 0.296. The number of hydrogen-bond donors (Lipinski definition) is 0. The first kappa shape index (κ1) is 13.7. The second-order valence-corrected chi connectivity index (χ2v) is 5.14. The molecule has 0 bridgehead atoms. The average molecular weight is 300 g/mol. The molecule has 1 aromatic heterocycles. The maximum atomic E-state index is 12.3. The maximum absolute atomic E-state index is 12.3. The van der Waals surface area contributed by atoms with Crippen molar-refractivity contribution in [3.05, 3.63) is 76.2 Å². The molecule has 4 heteroatoms. The maximum Gasteiger partial charge on any atom is 0.258 e. The summed E-state index contributed by atoms with van der Waals surface area (Å²) in [6.45, 7) is 0.937. The SMILES string of the molecule is O=c1c2ccccc2ccn1CCOc1ccc(Cl)cc1. The third-order valence-corrected chi connectivity index (χ3v) is 3.55. The lowest BCUT2D eigenvalue weighted by Gasteiger charge is -2.09. The van der Waals surface area contributed by atoms with E-state index in [0.29, 0.717) is 18.2 Å². The van der Waals surface area contributed by atoms with Crippen molar-refractivity contribution in [3.8, 4) is 5.75 Å². The van der Waals surface area contributed by atoms with Crippen molar-refractivity contribution >= 4 is 22.4 Å². The molecule has 2 aromatic carbocycles. The quantitative estimate of drug-likeness (QED) is 0.735. The molecule has 3 nitrogen and oxygen atoms in total. The largest absolute Gasteiger partial charge is 0.492 e. The van der Waals surface area contributed by atoms with E-state index in [9.17, 15) is 4.79 Å². The number of aromatic nitrogens is 1. The third-order valence-electron chi connectivity index (χ3n) is 3.30. The predicted molar refractivity (Wildman–Crippen MR) is 85.2 cm³/mol. The minimum atomic E-state index is 0.00723. The molecule has 0 saturated heterocycles. The van der Waals surface area contributed by atoms with Crippen molar-refractivity contribution in [2.45, 2.75) is 6.54 Å². The van der Waals surface area contributed by atoms with Crippen LogP contribution in [0.4, 0.5) is 0 Å². The zero-order chi connectivity index (χ0) is 14.7. The fourth-order valence-corrected chi connectivity index (χ4v) is 2.32. The van der Waals surface area contributed by atoms with Crippen LogP contribution in [0.15, 0.2) is 65.6 Å². The molecule has 0 aliphatic carbocycles.